The number of hydrogen-bond acceptors (Lipinski definition) is 11. The van der Waals surface area contributed by atoms with Gasteiger partial charge in [-0.15, -0.1) is 11.3 Å². The highest BCUT2D eigenvalue weighted by atomic mass is 32.1. The number of ether oxygens (including phenoxy) is 1. The zero-order valence-electron chi connectivity index (χ0n) is 25.8. The van der Waals surface area contributed by atoms with Gasteiger partial charge in [0.05, 0.1) is 11.0 Å². The van der Waals surface area contributed by atoms with E-state index in [0.717, 1.165) is 93.8 Å². The van der Waals surface area contributed by atoms with Crippen molar-refractivity contribution in [1.29, 1.82) is 5.26 Å². The van der Waals surface area contributed by atoms with Crippen molar-refractivity contribution in [2.75, 3.05) is 43.9 Å². The molecule has 3 atom stereocenters. The molecule has 44 heavy (non-hydrogen) atoms. The lowest BCUT2D eigenvalue weighted by Gasteiger charge is -2.50. The van der Waals surface area contributed by atoms with Crippen molar-refractivity contribution in [3.8, 4) is 23.5 Å². The number of hydrogen-bond donors (Lipinski definition) is 2. The number of aromatic nitrogens is 3. The standard InChI is InChI=1S/C33H42N8O2S/c1-20(23-8-5-15-40(23)2)42-26-17-25(41-16-14-36-32(19-41)10-6-11-32)37-31(38-26)28-21-7-3-12-33(29(21)43-39-28)13-4-9-24-27(33)22(18-34)30(35)44-24/h17,20,23,36H,3-16,19,35H2,1-2H3/t20-,23-,33-/m0/s1. The van der Waals surface area contributed by atoms with Gasteiger partial charge in [0.2, 0.25) is 5.88 Å². The molecule has 11 heteroatoms. The van der Waals surface area contributed by atoms with E-state index in [1.165, 1.54) is 30.6 Å². The quantitative estimate of drug-likeness (QED) is 0.413. The van der Waals surface area contributed by atoms with Gasteiger partial charge in [-0.1, -0.05) is 5.16 Å². The van der Waals surface area contributed by atoms with Gasteiger partial charge < -0.3 is 25.2 Å². The summed E-state index contributed by atoms with van der Waals surface area (Å²) in [7, 11) is 2.18. The molecule has 0 bridgehead atoms. The van der Waals surface area contributed by atoms with E-state index in [2.05, 4.69) is 35.2 Å². The Morgan fingerprint density at radius 3 is 2.75 bits per heavy atom. The molecule has 3 aliphatic carbocycles. The molecule has 2 aliphatic heterocycles. The van der Waals surface area contributed by atoms with Crippen LogP contribution in [0.5, 0.6) is 5.88 Å². The largest absolute Gasteiger partial charge is 0.473 e. The van der Waals surface area contributed by atoms with E-state index < -0.39 is 0 Å². The van der Waals surface area contributed by atoms with E-state index >= 15 is 0 Å². The molecule has 5 heterocycles. The summed E-state index contributed by atoms with van der Waals surface area (Å²) in [6.07, 6.45) is 11.7. The monoisotopic (exact) mass is 614 g/mol. The molecule has 1 saturated carbocycles. The number of nitrogen functional groups attached to an aromatic ring is 1. The number of aryl methyl sites for hydroxylation is 1. The molecule has 10 nitrogen and oxygen atoms in total. The number of nitrogens with two attached hydrogens (primary N) is 1. The molecule has 3 fully saturated rings. The highest BCUT2D eigenvalue weighted by Gasteiger charge is 2.49. The van der Waals surface area contributed by atoms with Crippen molar-refractivity contribution in [3.63, 3.8) is 0 Å². The Labute approximate surface area is 263 Å². The minimum absolute atomic E-state index is 0.00250. The molecule has 3 aromatic heterocycles. The van der Waals surface area contributed by atoms with Gasteiger partial charge in [-0.25, -0.2) is 4.98 Å². The molecule has 2 saturated heterocycles. The lowest BCUT2D eigenvalue weighted by molar-refractivity contribution is 0.117. The molecule has 0 unspecified atom stereocenters. The number of rotatable bonds is 5. The van der Waals surface area contributed by atoms with Crippen molar-refractivity contribution in [3.05, 3.63) is 33.4 Å². The van der Waals surface area contributed by atoms with E-state index in [1.54, 1.807) is 11.3 Å². The van der Waals surface area contributed by atoms with E-state index in [0.29, 0.717) is 34.0 Å². The van der Waals surface area contributed by atoms with Crippen LogP contribution in [0.2, 0.25) is 0 Å². The molecular formula is C33H42N8O2S. The first-order valence-electron chi connectivity index (χ1n) is 16.5. The van der Waals surface area contributed by atoms with Crippen LogP contribution in [0.1, 0.15) is 92.0 Å². The van der Waals surface area contributed by atoms with Crippen molar-refractivity contribution in [2.24, 2.45) is 0 Å². The number of thiophene rings is 1. The average molecular weight is 615 g/mol. The molecule has 8 rings (SSSR count). The van der Waals surface area contributed by atoms with E-state index in [-0.39, 0.29) is 17.1 Å². The second-order valence-electron chi connectivity index (χ2n) is 13.8. The third kappa shape index (κ3) is 4.44. The summed E-state index contributed by atoms with van der Waals surface area (Å²) in [5.74, 6) is 2.93. The molecular weight excluding hydrogens is 572 g/mol. The van der Waals surface area contributed by atoms with Gasteiger partial charge in [-0.05, 0) is 96.7 Å². The van der Waals surface area contributed by atoms with Crippen LogP contribution in [0.4, 0.5) is 10.8 Å². The van der Waals surface area contributed by atoms with E-state index in [9.17, 15) is 5.26 Å². The van der Waals surface area contributed by atoms with Crippen LogP contribution >= 0.6 is 11.3 Å². The van der Waals surface area contributed by atoms with Crippen molar-refractivity contribution in [1.82, 2.24) is 25.3 Å². The van der Waals surface area contributed by atoms with Gasteiger partial charge >= 0.3 is 0 Å². The average Bonchev–Trinajstić information content (AvgIpc) is 3.73. The third-order valence-corrected chi connectivity index (χ3v) is 12.3. The predicted molar refractivity (Wildman–Crippen MR) is 170 cm³/mol. The Hall–Kier alpha value is -3.20. The van der Waals surface area contributed by atoms with Crippen molar-refractivity contribution in [2.45, 2.75) is 101 Å². The molecule has 3 N–H and O–H groups in total. The molecule has 0 aromatic carbocycles. The van der Waals surface area contributed by atoms with Gasteiger partial charge in [-0.3, -0.25) is 4.90 Å². The van der Waals surface area contributed by atoms with Gasteiger partial charge in [0.25, 0.3) is 0 Å². The van der Waals surface area contributed by atoms with Crippen LogP contribution in [0.15, 0.2) is 10.6 Å². The fraction of sp³-hybridized carbons (Fsp3) is 0.636. The highest BCUT2D eigenvalue weighted by Crippen LogP contribution is 2.55. The number of piperazine rings is 1. The summed E-state index contributed by atoms with van der Waals surface area (Å²) in [6.45, 7) is 6.01. The fourth-order valence-corrected chi connectivity index (χ4v) is 10.0. The Bertz CT molecular complexity index is 1620. The van der Waals surface area contributed by atoms with Gasteiger partial charge in [-0.2, -0.15) is 10.2 Å². The minimum atomic E-state index is -0.376. The first-order chi connectivity index (χ1) is 21.4. The Morgan fingerprint density at radius 2 is 2.00 bits per heavy atom. The van der Waals surface area contributed by atoms with Crippen molar-refractivity contribution < 1.29 is 9.26 Å². The lowest BCUT2D eigenvalue weighted by atomic mass is 9.63. The Morgan fingerprint density at radius 1 is 1.16 bits per heavy atom. The molecule has 5 aliphatic rings. The molecule has 232 valence electrons. The van der Waals surface area contributed by atoms with Crippen LogP contribution in [0, 0.1) is 11.3 Å². The Balaban J connectivity index is 1.21. The summed E-state index contributed by atoms with van der Waals surface area (Å²) >= 11 is 1.57. The van der Waals surface area contributed by atoms with E-state index in [1.807, 2.05) is 6.07 Å². The lowest BCUT2D eigenvalue weighted by Crippen LogP contribution is -2.64. The minimum Gasteiger partial charge on any atom is -0.473 e. The van der Waals surface area contributed by atoms with Gasteiger partial charge in [0, 0.05) is 47.7 Å². The number of nitriles is 1. The number of likely N-dealkylation sites (tertiary alicyclic amines) is 1. The number of fused-ring (bicyclic) bond motifs is 4. The summed E-state index contributed by atoms with van der Waals surface area (Å²) in [6, 6.07) is 4.82. The smallest absolute Gasteiger partial charge is 0.219 e. The maximum atomic E-state index is 10.1. The molecule has 2 spiro atoms. The van der Waals surface area contributed by atoms with E-state index in [4.69, 9.17) is 30.1 Å². The first-order valence-corrected chi connectivity index (χ1v) is 17.3. The zero-order valence-corrected chi connectivity index (χ0v) is 26.6. The number of anilines is 2. The first kappa shape index (κ1) is 28.3. The molecule has 0 radical (unpaired) electrons. The van der Waals surface area contributed by atoms with Crippen LogP contribution in [0.3, 0.4) is 0 Å². The second-order valence-corrected chi connectivity index (χ2v) is 14.9. The summed E-state index contributed by atoms with van der Waals surface area (Å²) < 4.78 is 12.9. The zero-order chi connectivity index (χ0) is 30.1. The third-order valence-electron chi connectivity index (χ3n) is 11.2. The van der Waals surface area contributed by atoms with Crippen LogP contribution in [-0.4, -0.2) is 70.9 Å². The van der Waals surface area contributed by atoms with Gasteiger partial charge in [0.1, 0.15) is 23.0 Å². The Kier molecular flexibility index (Phi) is 6.88. The molecule has 0 amide bonds. The molecule has 3 aromatic rings. The summed E-state index contributed by atoms with van der Waals surface area (Å²) in [5, 5.41) is 19.2. The normalized spacial score (nSPS) is 26.7. The summed E-state index contributed by atoms with van der Waals surface area (Å²) in [5.41, 5.74) is 9.66. The SMILES string of the molecule is C[C@H](Oc1cc(N2CCNC3(CCC3)C2)nc(-c2noc3c2CCC[C@@]32CCCc3sc(N)c(C#N)c32)n1)[C@@H]1CCCN1C. The fourth-order valence-electron chi connectivity index (χ4n) is 8.85. The number of nitrogens with one attached hydrogen (secondary N) is 1. The predicted octanol–water partition coefficient (Wildman–Crippen LogP) is 4.80. The van der Waals surface area contributed by atoms with Crippen LogP contribution < -0.4 is 20.7 Å². The number of nitrogens with zero attached hydrogens (tertiary/aromatic N) is 6. The topological polar surface area (TPSA) is 129 Å². The number of likely N-dealkylation sites (N-methyl/N-ethyl adjacent to an activating group) is 1. The van der Waals surface area contributed by atoms with Crippen LogP contribution in [-0.2, 0) is 18.3 Å². The van der Waals surface area contributed by atoms with Crippen molar-refractivity contribution >= 4 is 22.2 Å². The van der Waals surface area contributed by atoms with Gasteiger partial charge in [0.15, 0.2) is 17.3 Å². The maximum Gasteiger partial charge on any atom is 0.219 e. The van der Waals surface area contributed by atoms with Crippen LogP contribution in [0.25, 0.3) is 11.5 Å². The second kappa shape index (κ2) is 10.7. The maximum absolute atomic E-state index is 10.1. The summed E-state index contributed by atoms with van der Waals surface area (Å²) in [4.78, 5) is 16.2. The highest BCUT2D eigenvalue weighted by molar-refractivity contribution is 7.16.